The van der Waals surface area contributed by atoms with Crippen LogP contribution in [0.1, 0.15) is 22.6 Å². The first-order chi connectivity index (χ1) is 7.07. The number of ether oxygens (including phenoxy) is 1. The number of nitrogens with zero attached hydrogens (tertiary/aromatic N) is 1. The highest BCUT2D eigenvalue weighted by atomic mass is 16.5. The van der Waals surface area contributed by atoms with Crippen LogP contribution in [-0.2, 0) is 18.2 Å². The van der Waals surface area contributed by atoms with E-state index in [4.69, 9.17) is 9.84 Å². The number of nitrogens with one attached hydrogen (secondary N) is 1. The molecule has 1 aromatic rings. The van der Waals surface area contributed by atoms with E-state index in [9.17, 15) is 9.59 Å². The van der Waals surface area contributed by atoms with Crippen molar-refractivity contribution in [1.29, 1.82) is 0 Å². The van der Waals surface area contributed by atoms with Crippen molar-refractivity contribution in [3.8, 4) is 0 Å². The van der Waals surface area contributed by atoms with Crippen molar-refractivity contribution >= 4 is 5.97 Å². The highest BCUT2D eigenvalue weighted by Crippen LogP contribution is 2.06. The molecule has 6 heteroatoms. The van der Waals surface area contributed by atoms with E-state index in [2.05, 4.69) is 4.98 Å². The maximum absolute atomic E-state index is 11.2. The van der Waals surface area contributed by atoms with Crippen molar-refractivity contribution in [2.75, 3.05) is 13.7 Å². The van der Waals surface area contributed by atoms with Gasteiger partial charge in [0.2, 0.25) is 0 Å². The smallest absolute Gasteiger partial charge is 0.354 e. The van der Waals surface area contributed by atoms with E-state index in [1.165, 1.54) is 4.57 Å². The fourth-order valence-electron chi connectivity index (χ4n) is 1.41. The van der Waals surface area contributed by atoms with Crippen molar-refractivity contribution in [3.63, 3.8) is 0 Å². The van der Waals surface area contributed by atoms with E-state index in [-0.39, 0.29) is 5.69 Å². The summed E-state index contributed by atoms with van der Waals surface area (Å²) >= 11 is 0. The van der Waals surface area contributed by atoms with Crippen LogP contribution >= 0.6 is 0 Å². The maximum Gasteiger partial charge on any atom is 0.354 e. The normalized spacial score (nSPS) is 10.5. The molecule has 0 unspecified atom stereocenters. The number of aromatic amines is 1. The van der Waals surface area contributed by atoms with Gasteiger partial charge in [-0.3, -0.25) is 9.55 Å². The fourth-order valence-corrected chi connectivity index (χ4v) is 1.41. The SMILES string of the molecule is COCCCc1c(C(=O)O)[nH]c(=O)n1C. The van der Waals surface area contributed by atoms with Gasteiger partial charge in [0, 0.05) is 20.8 Å². The Kier molecular flexibility index (Phi) is 3.68. The minimum atomic E-state index is -1.11. The van der Waals surface area contributed by atoms with Crippen molar-refractivity contribution < 1.29 is 14.6 Å². The number of methoxy groups -OCH3 is 1. The molecule has 6 nitrogen and oxygen atoms in total. The van der Waals surface area contributed by atoms with Gasteiger partial charge in [0.25, 0.3) is 0 Å². The molecule has 0 aliphatic carbocycles. The van der Waals surface area contributed by atoms with Crippen LogP contribution in [0, 0.1) is 0 Å². The second kappa shape index (κ2) is 4.79. The minimum absolute atomic E-state index is 0.0291. The number of carbonyl (C=O) groups is 1. The molecular weight excluding hydrogens is 200 g/mol. The molecule has 0 fully saturated rings. The van der Waals surface area contributed by atoms with Crippen molar-refractivity contribution in [2.24, 2.45) is 7.05 Å². The molecule has 0 aliphatic rings. The summed E-state index contributed by atoms with van der Waals surface area (Å²) < 4.78 is 6.18. The number of aromatic carboxylic acids is 1. The number of rotatable bonds is 5. The molecule has 0 bridgehead atoms. The van der Waals surface area contributed by atoms with Gasteiger partial charge < -0.3 is 9.84 Å². The summed E-state index contributed by atoms with van der Waals surface area (Å²) in [5.74, 6) is -1.11. The molecule has 0 saturated heterocycles. The Hall–Kier alpha value is -1.56. The monoisotopic (exact) mass is 214 g/mol. The Morgan fingerprint density at radius 1 is 1.60 bits per heavy atom. The summed E-state index contributed by atoms with van der Waals surface area (Å²) in [6.45, 7) is 0.540. The first-order valence-electron chi connectivity index (χ1n) is 4.58. The third-order valence-corrected chi connectivity index (χ3v) is 2.21. The number of carboxylic acid groups (broad SMARTS) is 1. The van der Waals surface area contributed by atoms with Crippen LogP contribution in [0.5, 0.6) is 0 Å². The fraction of sp³-hybridized carbons (Fsp3) is 0.556. The van der Waals surface area contributed by atoms with Crippen LogP contribution in [0.4, 0.5) is 0 Å². The number of aromatic nitrogens is 2. The lowest BCUT2D eigenvalue weighted by Gasteiger charge is -2.02. The lowest BCUT2D eigenvalue weighted by Crippen LogP contribution is -2.14. The molecule has 0 spiro atoms. The molecule has 0 aliphatic heterocycles. The van der Waals surface area contributed by atoms with Crippen molar-refractivity contribution in [1.82, 2.24) is 9.55 Å². The highest BCUT2D eigenvalue weighted by molar-refractivity contribution is 5.86. The molecule has 15 heavy (non-hydrogen) atoms. The van der Waals surface area contributed by atoms with Gasteiger partial charge >= 0.3 is 11.7 Å². The van der Waals surface area contributed by atoms with Crippen LogP contribution in [0.25, 0.3) is 0 Å². The summed E-state index contributed by atoms with van der Waals surface area (Å²) in [7, 11) is 3.13. The average Bonchev–Trinajstić information content (AvgIpc) is 2.46. The van der Waals surface area contributed by atoms with Gasteiger partial charge in [-0.2, -0.15) is 0 Å². The number of H-pyrrole nitrogens is 1. The lowest BCUT2D eigenvalue weighted by atomic mass is 10.2. The number of imidazole rings is 1. The number of hydrogen-bond donors (Lipinski definition) is 2. The molecule has 0 amide bonds. The second-order valence-electron chi connectivity index (χ2n) is 3.21. The van der Waals surface area contributed by atoms with E-state index >= 15 is 0 Å². The molecule has 0 aromatic carbocycles. The van der Waals surface area contributed by atoms with Crippen LogP contribution in [-0.4, -0.2) is 34.3 Å². The Balaban J connectivity index is 2.93. The van der Waals surface area contributed by atoms with E-state index in [0.29, 0.717) is 25.1 Å². The van der Waals surface area contributed by atoms with Crippen LogP contribution in [0.3, 0.4) is 0 Å². The predicted octanol–water partition coefficient (Wildman–Crippen LogP) is -0.00940. The van der Waals surface area contributed by atoms with Gasteiger partial charge in [0.15, 0.2) is 0 Å². The van der Waals surface area contributed by atoms with Gasteiger partial charge in [0.05, 0.1) is 5.69 Å². The molecular formula is C9H14N2O4. The summed E-state index contributed by atoms with van der Waals surface area (Å²) in [6, 6.07) is 0. The van der Waals surface area contributed by atoms with E-state index in [1.54, 1.807) is 14.2 Å². The van der Waals surface area contributed by atoms with Crippen LogP contribution in [0.2, 0.25) is 0 Å². The third kappa shape index (κ3) is 2.47. The molecule has 1 aromatic heterocycles. The molecule has 0 atom stereocenters. The largest absolute Gasteiger partial charge is 0.477 e. The molecule has 0 radical (unpaired) electrons. The van der Waals surface area contributed by atoms with Crippen molar-refractivity contribution in [2.45, 2.75) is 12.8 Å². The van der Waals surface area contributed by atoms with Gasteiger partial charge in [-0.05, 0) is 12.8 Å². The van der Waals surface area contributed by atoms with Crippen LogP contribution in [0.15, 0.2) is 4.79 Å². The Morgan fingerprint density at radius 3 is 2.80 bits per heavy atom. The van der Waals surface area contributed by atoms with Gasteiger partial charge in [-0.1, -0.05) is 0 Å². The average molecular weight is 214 g/mol. The summed E-state index contributed by atoms with van der Waals surface area (Å²) in [4.78, 5) is 24.3. The maximum atomic E-state index is 11.2. The highest BCUT2D eigenvalue weighted by Gasteiger charge is 2.16. The summed E-state index contributed by atoms with van der Waals surface area (Å²) in [6.07, 6.45) is 1.19. The van der Waals surface area contributed by atoms with E-state index in [1.807, 2.05) is 0 Å². The Labute approximate surface area is 86.5 Å². The zero-order valence-corrected chi connectivity index (χ0v) is 8.74. The predicted molar refractivity (Wildman–Crippen MR) is 53.2 cm³/mol. The molecule has 84 valence electrons. The standard InChI is InChI=1S/C9H14N2O4/c1-11-6(4-3-5-15-2)7(8(12)13)10-9(11)14/h3-5H2,1-2H3,(H,10,14)(H,12,13). The Bertz CT molecular complexity index is 405. The van der Waals surface area contributed by atoms with Crippen molar-refractivity contribution in [3.05, 3.63) is 21.9 Å². The minimum Gasteiger partial charge on any atom is -0.477 e. The molecule has 0 saturated carbocycles. The first-order valence-corrected chi connectivity index (χ1v) is 4.58. The van der Waals surface area contributed by atoms with Gasteiger partial charge in [0.1, 0.15) is 5.69 Å². The van der Waals surface area contributed by atoms with Crippen LogP contribution < -0.4 is 5.69 Å². The quantitative estimate of drug-likeness (QED) is 0.675. The number of hydrogen-bond acceptors (Lipinski definition) is 3. The number of carboxylic acids is 1. The molecule has 2 N–H and O–H groups in total. The third-order valence-electron chi connectivity index (χ3n) is 2.21. The van der Waals surface area contributed by atoms with Gasteiger partial charge in [-0.25, -0.2) is 9.59 Å². The second-order valence-corrected chi connectivity index (χ2v) is 3.21. The first kappa shape index (κ1) is 11.5. The molecule has 1 rings (SSSR count). The Morgan fingerprint density at radius 2 is 2.27 bits per heavy atom. The topological polar surface area (TPSA) is 84.3 Å². The summed E-state index contributed by atoms with van der Waals surface area (Å²) in [5.41, 5.74) is 0.0722. The zero-order chi connectivity index (χ0) is 11.4. The lowest BCUT2D eigenvalue weighted by molar-refractivity contribution is 0.0689. The molecule has 1 heterocycles. The van der Waals surface area contributed by atoms with E-state index < -0.39 is 11.7 Å². The van der Waals surface area contributed by atoms with E-state index in [0.717, 1.165) is 0 Å². The van der Waals surface area contributed by atoms with Gasteiger partial charge in [-0.15, -0.1) is 0 Å². The summed E-state index contributed by atoms with van der Waals surface area (Å²) in [5, 5.41) is 8.85. The zero-order valence-electron chi connectivity index (χ0n) is 8.74.